The van der Waals surface area contributed by atoms with Crippen LogP contribution in [0.15, 0.2) is 40.9 Å². The van der Waals surface area contributed by atoms with Gasteiger partial charge in [-0.1, -0.05) is 6.07 Å². The second kappa shape index (κ2) is 8.54. The number of ether oxygens (including phenoxy) is 1. The highest BCUT2D eigenvalue weighted by molar-refractivity contribution is 6.13. The number of methoxy groups -OCH3 is 1. The molecule has 3 heterocycles. The number of hydrogen-bond donors (Lipinski definition) is 1. The lowest BCUT2D eigenvalue weighted by molar-refractivity contribution is 0.0599. The number of fused-ring (bicyclic) bond motifs is 1. The lowest BCUT2D eigenvalue weighted by Crippen LogP contribution is -2.15. The molecule has 0 saturated carbocycles. The van der Waals surface area contributed by atoms with Crippen LogP contribution in [-0.2, 0) is 4.74 Å². The van der Waals surface area contributed by atoms with Crippen molar-refractivity contribution in [2.24, 2.45) is 0 Å². The highest BCUT2D eigenvalue weighted by Crippen LogP contribution is 2.31. The zero-order valence-corrected chi connectivity index (χ0v) is 19.5. The van der Waals surface area contributed by atoms with E-state index in [0.717, 1.165) is 17.1 Å². The molecule has 0 saturated heterocycles. The van der Waals surface area contributed by atoms with Crippen molar-refractivity contribution in [1.82, 2.24) is 14.8 Å². The molecule has 0 bridgehead atoms. The maximum absolute atomic E-state index is 13.5. The van der Waals surface area contributed by atoms with Gasteiger partial charge in [0.25, 0.3) is 5.91 Å². The Morgan fingerprint density at radius 3 is 2.52 bits per heavy atom. The highest BCUT2D eigenvalue weighted by Gasteiger charge is 2.21. The molecule has 0 aliphatic rings. The second-order valence-corrected chi connectivity index (χ2v) is 8.23. The number of furan rings is 1. The average molecular weight is 447 g/mol. The summed E-state index contributed by atoms with van der Waals surface area (Å²) in [5.74, 6) is 0.710. The van der Waals surface area contributed by atoms with Gasteiger partial charge in [0.1, 0.15) is 11.5 Å². The van der Waals surface area contributed by atoms with Crippen LogP contribution in [0.5, 0.6) is 0 Å². The van der Waals surface area contributed by atoms with E-state index < -0.39 is 5.97 Å². The summed E-state index contributed by atoms with van der Waals surface area (Å²) < 4.78 is 12.3. The number of anilines is 1. The molecule has 8 heteroatoms. The normalized spacial score (nSPS) is 11.2. The Bertz CT molecular complexity index is 1380. The summed E-state index contributed by atoms with van der Waals surface area (Å²) in [5, 5.41) is 8.05. The van der Waals surface area contributed by atoms with Crippen LogP contribution >= 0.6 is 0 Å². The Balaban J connectivity index is 1.84. The average Bonchev–Trinajstić information content (AvgIpc) is 3.36. The molecule has 0 unspecified atom stereocenters. The molecule has 4 aromatic rings. The van der Waals surface area contributed by atoms with Crippen LogP contribution in [0, 0.1) is 20.8 Å². The van der Waals surface area contributed by atoms with Crippen LogP contribution in [0.25, 0.3) is 22.3 Å². The van der Waals surface area contributed by atoms with Crippen molar-refractivity contribution in [3.63, 3.8) is 0 Å². The predicted molar refractivity (Wildman–Crippen MR) is 126 cm³/mol. The Kier molecular flexibility index (Phi) is 5.76. The van der Waals surface area contributed by atoms with Gasteiger partial charge in [-0.3, -0.25) is 4.79 Å². The van der Waals surface area contributed by atoms with Gasteiger partial charge in [0.15, 0.2) is 5.65 Å². The molecule has 1 aromatic carbocycles. The summed E-state index contributed by atoms with van der Waals surface area (Å²) in [6.07, 6.45) is 1.66. The number of nitrogens with zero attached hydrogens (tertiary/aromatic N) is 3. The van der Waals surface area contributed by atoms with Gasteiger partial charge in [-0.25, -0.2) is 14.5 Å². The lowest BCUT2D eigenvalue weighted by Gasteiger charge is -2.13. The van der Waals surface area contributed by atoms with E-state index in [9.17, 15) is 9.59 Å². The Hall–Kier alpha value is -3.94. The molecule has 0 radical (unpaired) electrons. The third kappa shape index (κ3) is 4.00. The second-order valence-electron chi connectivity index (χ2n) is 8.23. The topological polar surface area (TPSA) is 99.2 Å². The fraction of sp³-hybridized carbons (Fsp3) is 0.280. The molecule has 0 fully saturated rings. The van der Waals surface area contributed by atoms with Crippen molar-refractivity contribution in [3.05, 3.63) is 64.7 Å². The largest absolute Gasteiger partial charge is 0.466 e. The third-order valence-corrected chi connectivity index (χ3v) is 5.60. The Morgan fingerprint density at radius 1 is 1.12 bits per heavy atom. The minimum Gasteiger partial charge on any atom is -0.466 e. The summed E-state index contributed by atoms with van der Waals surface area (Å²) >= 11 is 0. The van der Waals surface area contributed by atoms with Gasteiger partial charge in [-0.15, -0.1) is 0 Å². The van der Waals surface area contributed by atoms with E-state index in [1.54, 1.807) is 42.1 Å². The van der Waals surface area contributed by atoms with Gasteiger partial charge >= 0.3 is 5.97 Å². The first-order valence-electron chi connectivity index (χ1n) is 10.7. The number of amides is 1. The van der Waals surface area contributed by atoms with Crippen molar-refractivity contribution in [1.29, 1.82) is 0 Å². The summed E-state index contributed by atoms with van der Waals surface area (Å²) in [7, 11) is 1.33. The van der Waals surface area contributed by atoms with E-state index >= 15 is 0 Å². The van der Waals surface area contributed by atoms with Crippen LogP contribution in [0.3, 0.4) is 0 Å². The number of esters is 1. The fourth-order valence-electron chi connectivity index (χ4n) is 3.90. The van der Waals surface area contributed by atoms with E-state index in [4.69, 9.17) is 14.1 Å². The molecule has 1 N–H and O–H groups in total. The molecule has 0 aliphatic carbocycles. The van der Waals surface area contributed by atoms with Crippen LogP contribution in [0.2, 0.25) is 0 Å². The quantitative estimate of drug-likeness (QED) is 0.421. The van der Waals surface area contributed by atoms with Crippen LogP contribution < -0.4 is 5.32 Å². The number of benzene rings is 1. The van der Waals surface area contributed by atoms with Crippen molar-refractivity contribution >= 4 is 28.6 Å². The third-order valence-electron chi connectivity index (χ3n) is 5.60. The van der Waals surface area contributed by atoms with Gasteiger partial charge in [0.2, 0.25) is 0 Å². The zero-order chi connectivity index (χ0) is 23.9. The van der Waals surface area contributed by atoms with Crippen LogP contribution in [0.1, 0.15) is 57.7 Å². The molecule has 0 spiro atoms. The first-order chi connectivity index (χ1) is 15.7. The van der Waals surface area contributed by atoms with Crippen LogP contribution in [-0.4, -0.2) is 33.8 Å². The number of hydrogen-bond acceptors (Lipinski definition) is 6. The van der Waals surface area contributed by atoms with Gasteiger partial charge < -0.3 is 14.5 Å². The number of rotatable bonds is 5. The molecule has 3 aromatic heterocycles. The molecule has 170 valence electrons. The number of nitrogens with one attached hydrogen (secondary N) is 1. The van der Waals surface area contributed by atoms with E-state index in [1.165, 1.54) is 7.11 Å². The van der Waals surface area contributed by atoms with Crippen molar-refractivity contribution in [2.45, 2.75) is 40.7 Å². The number of pyridine rings is 1. The maximum Gasteiger partial charge on any atom is 0.338 e. The smallest absolute Gasteiger partial charge is 0.338 e. The lowest BCUT2D eigenvalue weighted by atomic mass is 10.0. The van der Waals surface area contributed by atoms with Gasteiger partial charge in [-0.05, 0) is 64.4 Å². The Labute approximate surface area is 191 Å². The molecular formula is C25H26N4O4. The first kappa shape index (κ1) is 22.3. The SMILES string of the molecule is COC(=O)c1cccc(NC(=O)c2cc(-c3cc(C)oc3C)nc3c2cnn3C(C)C)c1C. The summed E-state index contributed by atoms with van der Waals surface area (Å²) in [6, 6.07) is 8.84. The summed E-state index contributed by atoms with van der Waals surface area (Å²) in [6.45, 7) is 9.53. The number of aryl methyl sites for hydroxylation is 2. The Morgan fingerprint density at radius 2 is 1.88 bits per heavy atom. The molecule has 8 nitrogen and oxygen atoms in total. The maximum atomic E-state index is 13.5. The molecule has 0 aliphatic heterocycles. The first-order valence-corrected chi connectivity index (χ1v) is 10.7. The standard InChI is InChI=1S/C25H26N4O4/c1-13(2)29-23-20(12-26-29)19(11-22(27-23)18-10-14(3)33-16(18)5)24(30)28-21-9-7-8-17(15(21)4)25(31)32-6/h7-13H,1-6H3,(H,28,30). The van der Waals surface area contributed by atoms with Gasteiger partial charge in [0.05, 0.1) is 35.5 Å². The molecular weight excluding hydrogens is 420 g/mol. The van der Waals surface area contributed by atoms with Gasteiger partial charge in [0, 0.05) is 17.3 Å². The fourth-order valence-corrected chi connectivity index (χ4v) is 3.90. The minimum absolute atomic E-state index is 0.0623. The monoisotopic (exact) mass is 446 g/mol. The van der Waals surface area contributed by atoms with E-state index in [-0.39, 0.29) is 11.9 Å². The van der Waals surface area contributed by atoms with Crippen molar-refractivity contribution in [2.75, 3.05) is 12.4 Å². The van der Waals surface area contributed by atoms with Crippen molar-refractivity contribution in [3.8, 4) is 11.3 Å². The molecule has 33 heavy (non-hydrogen) atoms. The molecule has 0 atom stereocenters. The number of carbonyl (C=O) groups excluding carboxylic acids is 2. The van der Waals surface area contributed by atoms with E-state index in [1.807, 2.05) is 33.8 Å². The minimum atomic E-state index is -0.457. The van der Waals surface area contributed by atoms with E-state index in [2.05, 4.69) is 10.4 Å². The van der Waals surface area contributed by atoms with Crippen LogP contribution in [0.4, 0.5) is 5.69 Å². The molecule has 4 rings (SSSR count). The zero-order valence-electron chi connectivity index (χ0n) is 19.5. The predicted octanol–water partition coefficient (Wildman–Crippen LogP) is 5.24. The summed E-state index contributed by atoms with van der Waals surface area (Å²) in [4.78, 5) is 30.3. The number of aromatic nitrogens is 3. The van der Waals surface area contributed by atoms with Gasteiger partial charge in [-0.2, -0.15) is 5.10 Å². The van der Waals surface area contributed by atoms with E-state index in [0.29, 0.717) is 39.1 Å². The number of carbonyl (C=O) groups is 2. The van der Waals surface area contributed by atoms with Crippen molar-refractivity contribution < 1.29 is 18.7 Å². The summed E-state index contributed by atoms with van der Waals surface area (Å²) in [5.41, 5.74) is 4.05. The highest BCUT2D eigenvalue weighted by atomic mass is 16.5. The molecule has 1 amide bonds.